The molecular formula is C11H15NO2. The smallest absolute Gasteiger partial charge is 0.253 e. The van der Waals surface area contributed by atoms with Crippen molar-refractivity contribution >= 4 is 5.91 Å². The molecule has 0 fully saturated rings. The Kier molecular flexibility index (Phi) is 3.65. The van der Waals surface area contributed by atoms with Crippen molar-refractivity contribution < 1.29 is 9.63 Å². The number of hydroxylamine groups is 2. The Morgan fingerprint density at radius 2 is 1.93 bits per heavy atom. The minimum atomic E-state index is -0.166. The van der Waals surface area contributed by atoms with Gasteiger partial charge in [-0.3, -0.25) is 9.63 Å². The molecule has 76 valence electrons. The average molecular weight is 193 g/mol. The minimum Gasteiger partial charge on any atom is -0.275 e. The van der Waals surface area contributed by atoms with Crippen LogP contribution in [0.25, 0.3) is 0 Å². The van der Waals surface area contributed by atoms with Crippen molar-refractivity contribution in [3.63, 3.8) is 0 Å². The van der Waals surface area contributed by atoms with Gasteiger partial charge in [-0.05, 0) is 12.5 Å². The molecule has 1 amide bonds. The molecule has 0 aliphatic rings. The Bertz CT molecular complexity index is 297. The van der Waals surface area contributed by atoms with Crippen LogP contribution in [0.15, 0.2) is 30.3 Å². The summed E-state index contributed by atoms with van der Waals surface area (Å²) < 4.78 is 0. The maximum atomic E-state index is 11.7. The highest BCUT2D eigenvalue weighted by Crippen LogP contribution is 2.16. The van der Waals surface area contributed by atoms with Crippen LogP contribution in [-0.2, 0) is 9.63 Å². The van der Waals surface area contributed by atoms with Crippen molar-refractivity contribution in [2.75, 3.05) is 14.2 Å². The standard InChI is InChI=1S/C11H15NO2/c1-9(11(13)12(2)14-3)10-7-5-4-6-8-10/h4-9H,1-3H3. The third-order valence-corrected chi connectivity index (χ3v) is 2.25. The van der Waals surface area contributed by atoms with Gasteiger partial charge in [-0.15, -0.1) is 0 Å². The van der Waals surface area contributed by atoms with E-state index in [1.807, 2.05) is 37.3 Å². The van der Waals surface area contributed by atoms with Crippen molar-refractivity contribution in [3.8, 4) is 0 Å². The van der Waals surface area contributed by atoms with Gasteiger partial charge in [0.2, 0.25) is 0 Å². The van der Waals surface area contributed by atoms with E-state index >= 15 is 0 Å². The molecule has 0 saturated carbocycles. The molecule has 1 aromatic rings. The molecule has 1 unspecified atom stereocenters. The van der Waals surface area contributed by atoms with Crippen molar-refractivity contribution in [1.82, 2.24) is 5.06 Å². The lowest BCUT2D eigenvalue weighted by Crippen LogP contribution is -2.29. The molecule has 0 aliphatic carbocycles. The molecule has 0 N–H and O–H groups in total. The zero-order chi connectivity index (χ0) is 10.6. The monoisotopic (exact) mass is 193 g/mol. The van der Waals surface area contributed by atoms with Crippen molar-refractivity contribution in [1.29, 1.82) is 0 Å². The van der Waals surface area contributed by atoms with Gasteiger partial charge in [-0.2, -0.15) is 0 Å². The van der Waals surface area contributed by atoms with E-state index in [0.717, 1.165) is 5.56 Å². The van der Waals surface area contributed by atoms with Crippen molar-refractivity contribution in [3.05, 3.63) is 35.9 Å². The summed E-state index contributed by atoms with van der Waals surface area (Å²) in [4.78, 5) is 16.5. The number of amides is 1. The molecule has 3 heteroatoms. The van der Waals surface area contributed by atoms with Crippen LogP contribution in [0.5, 0.6) is 0 Å². The fourth-order valence-corrected chi connectivity index (χ4v) is 1.25. The largest absolute Gasteiger partial charge is 0.275 e. The Morgan fingerprint density at radius 3 is 2.43 bits per heavy atom. The predicted octanol–water partition coefficient (Wildman–Crippen LogP) is 1.81. The highest BCUT2D eigenvalue weighted by molar-refractivity contribution is 5.82. The molecule has 0 radical (unpaired) electrons. The van der Waals surface area contributed by atoms with Crippen LogP contribution in [0.1, 0.15) is 18.4 Å². The first kappa shape index (κ1) is 10.7. The van der Waals surface area contributed by atoms with Crippen molar-refractivity contribution in [2.45, 2.75) is 12.8 Å². The second-order valence-corrected chi connectivity index (χ2v) is 3.15. The van der Waals surface area contributed by atoms with E-state index in [-0.39, 0.29) is 11.8 Å². The van der Waals surface area contributed by atoms with Gasteiger partial charge in [0, 0.05) is 7.05 Å². The highest BCUT2D eigenvalue weighted by Gasteiger charge is 2.18. The molecule has 0 saturated heterocycles. The van der Waals surface area contributed by atoms with E-state index in [0.29, 0.717) is 0 Å². The second-order valence-electron chi connectivity index (χ2n) is 3.15. The Hall–Kier alpha value is -1.35. The summed E-state index contributed by atoms with van der Waals surface area (Å²) in [5, 5.41) is 1.25. The second kappa shape index (κ2) is 4.77. The van der Waals surface area contributed by atoms with Crippen LogP contribution in [-0.4, -0.2) is 25.1 Å². The zero-order valence-electron chi connectivity index (χ0n) is 8.73. The number of carbonyl (C=O) groups is 1. The lowest BCUT2D eigenvalue weighted by molar-refractivity contribution is -0.170. The zero-order valence-corrected chi connectivity index (χ0v) is 8.73. The summed E-state index contributed by atoms with van der Waals surface area (Å²) in [5.41, 5.74) is 1.00. The third-order valence-electron chi connectivity index (χ3n) is 2.25. The van der Waals surface area contributed by atoms with Gasteiger partial charge in [0.1, 0.15) is 0 Å². The van der Waals surface area contributed by atoms with E-state index in [1.165, 1.54) is 12.2 Å². The fourth-order valence-electron chi connectivity index (χ4n) is 1.25. The molecule has 3 nitrogen and oxygen atoms in total. The maximum Gasteiger partial charge on any atom is 0.253 e. The quantitative estimate of drug-likeness (QED) is 0.685. The molecule has 0 spiro atoms. The molecule has 1 rings (SSSR count). The lowest BCUT2D eigenvalue weighted by atomic mass is 10.0. The topological polar surface area (TPSA) is 29.5 Å². The first-order valence-electron chi connectivity index (χ1n) is 4.53. The lowest BCUT2D eigenvalue weighted by Gasteiger charge is -2.18. The molecule has 0 aliphatic heterocycles. The Morgan fingerprint density at radius 1 is 1.36 bits per heavy atom. The first-order valence-corrected chi connectivity index (χ1v) is 4.53. The average Bonchev–Trinajstić information content (AvgIpc) is 2.27. The van der Waals surface area contributed by atoms with Gasteiger partial charge in [0.15, 0.2) is 0 Å². The van der Waals surface area contributed by atoms with Gasteiger partial charge in [0.05, 0.1) is 13.0 Å². The fraction of sp³-hybridized carbons (Fsp3) is 0.364. The van der Waals surface area contributed by atoms with Crippen LogP contribution in [0.3, 0.4) is 0 Å². The normalized spacial score (nSPS) is 12.2. The minimum absolute atomic E-state index is 0.0429. The van der Waals surface area contributed by atoms with E-state index in [2.05, 4.69) is 0 Å². The van der Waals surface area contributed by atoms with E-state index in [9.17, 15) is 4.79 Å². The molecule has 0 heterocycles. The van der Waals surface area contributed by atoms with Crippen LogP contribution < -0.4 is 0 Å². The molecule has 1 atom stereocenters. The van der Waals surface area contributed by atoms with E-state index < -0.39 is 0 Å². The number of carbonyl (C=O) groups excluding carboxylic acids is 1. The number of likely N-dealkylation sites (N-methyl/N-ethyl adjacent to an activating group) is 1. The van der Waals surface area contributed by atoms with Crippen LogP contribution in [0, 0.1) is 0 Å². The van der Waals surface area contributed by atoms with Gasteiger partial charge < -0.3 is 0 Å². The summed E-state index contributed by atoms with van der Waals surface area (Å²) in [6.45, 7) is 1.87. The number of hydrogen-bond donors (Lipinski definition) is 0. The summed E-state index contributed by atoms with van der Waals surface area (Å²) in [5.74, 6) is -0.208. The molecule has 1 aromatic carbocycles. The molecule has 0 aromatic heterocycles. The highest BCUT2D eigenvalue weighted by atomic mass is 16.7. The third kappa shape index (κ3) is 2.33. The summed E-state index contributed by atoms with van der Waals surface area (Å²) >= 11 is 0. The first-order chi connectivity index (χ1) is 6.66. The van der Waals surface area contributed by atoms with Crippen molar-refractivity contribution in [2.24, 2.45) is 0 Å². The number of rotatable bonds is 3. The van der Waals surface area contributed by atoms with E-state index in [1.54, 1.807) is 7.05 Å². The molecule has 14 heavy (non-hydrogen) atoms. The SMILES string of the molecule is CON(C)C(=O)C(C)c1ccccc1. The number of benzene rings is 1. The maximum absolute atomic E-state index is 11.7. The number of nitrogens with zero attached hydrogens (tertiary/aromatic N) is 1. The van der Waals surface area contributed by atoms with Gasteiger partial charge in [0.25, 0.3) is 5.91 Å². The Labute approximate surface area is 84.2 Å². The molecule has 0 bridgehead atoms. The Balaban J connectivity index is 2.76. The van der Waals surface area contributed by atoms with Gasteiger partial charge >= 0.3 is 0 Å². The van der Waals surface area contributed by atoms with E-state index in [4.69, 9.17) is 4.84 Å². The van der Waals surface area contributed by atoms with Crippen LogP contribution in [0.2, 0.25) is 0 Å². The van der Waals surface area contributed by atoms with Crippen LogP contribution >= 0.6 is 0 Å². The summed E-state index contributed by atoms with van der Waals surface area (Å²) in [7, 11) is 3.09. The summed E-state index contributed by atoms with van der Waals surface area (Å²) in [6.07, 6.45) is 0. The number of hydrogen-bond acceptors (Lipinski definition) is 2. The molecular weight excluding hydrogens is 178 g/mol. The van der Waals surface area contributed by atoms with Crippen LogP contribution in [0.4, 0.5) is 0 Å². The van der Waals surface area contributed by atoms with Gasteiger partial charge in [-0.1, -0.05) is 30.3 Å². The predicted molar refractivity (Wildman–Crippen MR) is 54.6 cm³/mol. The van der Waals surface area contributed by atoms with Gasteiger partial charge in [-0.25, -0.2) is 5.06 Å². The summed E-state index contributed by atoms with van der Waals surface area (Å²) in [6, 6.07) is 9.65.